The summed E-state index contributed by atoms with van der Waals surface area (Å²) in [5, 5.41) is 8.23. The van der Waals surface area contributed by atoms with Crippen LogP contribution in [0.2, 0.25) is 0 Å². The van der Waals surface area contributed by atoms with Gasteiger partial charge in [-0.25, -0.2) is 0 Å². The normalized spacial score (nSPS) is 18.6. The van der Waals surface area contributed by atoms with Crippen molar-refractivity contribution < 1.29 is 0 Å². The molecule has 4 heteroatoms. The van der Waals surface area contributed by atoms with E-state index >= 15 is 0 Å². The number of nitrogens with one attached hydrogen (secondary N) is 1. The van der Waals surface area contributed by atoms with E-state index in [9.17, 15) is 0 Å². The molecule has 2 rings (SSSR count). The zero-order chi connectivity index (χ0) is 13.5. The van der Waals surface area contributed by atoms with Gasteiger partial charge in [0.1, 0.15) is 0 Å². The lowest BCUT2D eigenvalue weighted by Gasteiger charge is -2.21. The van der Waals surface area contributed by atoms with Gasteiger partial charge in [-0.05, 0) is 38.7 Å². The van der Waals surface area contributed by atoms with Crippen LogP contribution in [-0.4, -0.2) is 21.7 Å². The second kappa shape index (κ2) is 7.91. The highest BCUT2D eigenvalue weighted by atomic mass is 35.5. The third-order valence-corrected chi connectivity index (χ3v) is 4.28. The van der Waals surface area contributed by atoms with Crippen LogP contribution in [0.15, 0.2) is 12.3 Å². The standard InChI is InChI=1S/C15H26ClN3/c1-13(6-5-10-16)17-12-14-9-11-19(18-14)15-7-3-2-4-8-15/h9,11,13,15,17H,2-8,10,12H2,1H3. The summed E-state index contributed by atoms with van der Waals surface area (Å²) in [5.74, 6) is 0.752. The van der Waals surface area contributed by atoms with Gasteiger partial charge in [0.25, 0.3) is 0 Å². The lowest BCUT2D eigenvalue weighted by Crippen LogP contribution is -2.25. The Hall–Kier alpha value is -0.540. The molecule has 108 valence electrons. The van der Waals surface area contributed by atoms with Crippen molar-refractivity contribution in [3.05, 3.63) is 18.0 Å². The first-order chi connectivity index (χ1) is 9.29. The Bertz CT molecular complexity index is 358. The molecule has 0 amide bonds. The first-order valence-electron chi connectivity index (χ1n) is 7.63. The van der Waals surface area contributed by atoms with Gasteiger partial charge in [-0.1, -0.05) is 19.3 Å². The molecule has 0 bridgehead atoms. The second-order valence-electron chi connectivity index (χ2n) is 5.69. The van der Waals surface area contributed by atoms with Crippen molar-refractivity contribution in [3.8, 4) is 0 Å². The first kappa shape index (κ1) is 14.9. The molecule has 0 radical (unpaired) electrons. The Labute approximate surface area is 121 Å². The minimum Gasteiger partial charge on any atom is -0.309 e. The Morgan fingerprint density at radius 3 is 2.95 bits per heavy atom. The van der Waals surface area contributed by atoms with Crippen LogP contribution < -0.4 is 5.32 Å². The van der Waals surface area contributed by atoms with Crippen LogP contribution in [0.4, 0.5) is 0 Å². The fourth-order valence-corrected chi connectivity index (χ4v) is 2.94. The minimum absolute atomic E-state index is 0.513. The fourth-order valence-electron chi connectivity index (χ4n) is 2.78. The van der Waals surface area contributed by atoms with Crippen molar-refractivity contribution >= 4 is 11.6 Å². The number of nitrogens with zero attached hydrogens (tertiary/aromatic N) is 2. The van der Waals surface area contributed by atoms with Crippen molar-refractivity contribution in [3.63, 3.8) is 0 Å². The molecule has 0 aliphatic heterocycles. The van der Waals surface area contributed by atoms with Gasteiger partial charge >= 0.3 is 0 Å². The summed E-state index contributed by atoms with van der Waals surface area (Å²) in [5.41, 5.74) is 1.16. The number of halogens is 1. The Morgan fingerprint density at radius 1 is 1.42 bits per heavy atom. The first-order valence-corrected chi connectivity index (χ1v) is 8.16. The zero-order valence-electron chi connectivity index (χ0n) is 11.9. The average Bonchev–Trinajstić information content (AvgIpc) is 2.93. The quantitative estimate of drug-likeness (QED) is 0.770. The Kier molecular flexibility index (Phi) is 6.18. The largest absolute Gasteiger partial charge is 0.309 e. The SMILES string of the molecule is CC(CCCCl)NCc1ccn(C2CCCCC2)n1. The lowest BCUT2D eigenvalue weighted by molar-refractivity contribution is 0.327. The lowest BCUT2D eigenvalue weighted by atomic mass is 9.96. The van der Waals surface area contributed by atoms with Crippen molar-refractivity contribution in [1.82, 2.24) is 15.1 Å². The topological polar surface area (TPSA) is 29.9 Å². The van der Waals surface area contributed by atoms with E-state index in [2.05, 4.69) is 29.2 Å². The van der Waals surface area contributed by atoms with Gasteiger partial charge in [0.2, 0.25) is 0 Å². The van der Waals surface area contributed by atoms with E-state index in [1.165, 1.54) is 32.1 Å². The third kappa shape index (κ3) is 4.81. The van der Waals surface area contributed by atoms with Gasteiger partial charge in [-0.15, -0.1) is 11.6 Å². The molecule has 1 aromatic rings. The van der Waals surface area contributed by atoms with Crippen molar-refractivity contribution in [2.45, 2.75) is 70.5 Å². The van der Waals surface area contributed by atoms with Gasteiger partial charge in [0.05, 0.1) is 11.7 Å². The van der Waals surface area contributed by atoms with E-state index in [4.69, 9.17) is 16.7 Å². The number of hydrogen-bond donors (Lipinski definition) is 1. The molecule has 1 saturated carbocycles. The minimum atomic E-state index is 0.513. The van der Waals surface area contributed by atoms with Gasteiger partial charge in [0, 0.05) is 24.7 Å². The highest BCUT2D eigenvalue weighted by Crippen LogP contribution is 2.27. The highest BCUT2D eigenvalue weighted by Gasteiger charge is 2.15. The van der Waals surface area contributed by atoms with E-state index < -0.39 is 0 Å². The van der Waals surface area contributed by atoms with Crippen LogP contribution in [0, 0.1) is 0 Å². The molecular weight excluding hydrogens is 258 g/mol. The molecule has 1 fully saturated rings. The van der Waals surface area contributed by atoms with Gasteiger partial charge in [-0.2, -0.15) is 5.10 Å². The molecule has 1 aliphatic rings. The number of aromatic nitrogens is 2. The molecule has 1 aliphatic carbocycles. The van der Waals surface area contributed by atoms with E-state index in [0.29, 0.717) is 12.1 Å². The molecule has 19 heavy (non-hydrogen) atoms. The predicted molar refractivity (Wildman–Crippen MR) is 80.6 cm³/mol. The second-order valence-corrected chi connectivity index (χ2v) is 6.07. The smallest absolute Gasteiger partial charge is 0.0762 e. The highest BCUT2D eigenvalue weighted by molar-refractivity contribution is 6.17. The van der Waals surface area contributed by atoms with Crippen LogP contribution in [0.25, 0.3) is 0 Å². The van der Waals surface area contributed by atoms with Gasteiger partial charge in [0.15, 0.2) is 0 Å². The molecule has 0 saturated heterocycles. The third-order valence-electron chi connectivity index (χ3n) is 4.01. The number of hydrogen-bond acceptors (Lipinski definition) is 2. The fraction of sp³-hybridized carbons (Fsp3) is 0.800. The van der Waals surface area contributed by atoms with Crippen LogP contribution >= 0.6 is 11.6 Å². The molecule has 3 nitrogen and oxygen atoms in total. The monoisotopic (exact) mass is 283 g/mol. The summed E-state index contributed by atoms with van der Waals surface area (Å²) < 4.78 is 2.18. The predicted octanol–water partition coefficient (Wildman–Crippen LogP) is 3.89. The van der Waals surface area contributed by atoms with E-state index in [0.717, 1.165) is 31.0 Å². The maximum absolute atomic E-state index is 5.71. The van der Waals surface area contributed by atoms with Gasteiger partial charge in [-0.3, -0.25) is 4.68 Å². The number of alkyl halides is 1. The Balaban J connectivity index is 1.77. The summed E-state index contributed by atoms with van der Waals surface area (Å²) in [4.78, 5) is 0. The van der Waals surface area contributed by atoms with E-state index in [1.54, 1.807) is 0 Å². The van der Waals surface area contributed by atoms with Crippen molar-refractivity contribution in [1.29, 1.82) is 0 Å². The molecule has 1 atom stereocenters. The van der Waals surface area contributed by atoms with Crippen molar-refractivity contribution in [2.75, 3.05) is 5.88 Å². The summed E-state index contributed by atoms with van der Waals surface area (Å²) in [6.45, 7) is 3.08. The number of rotatable bonds is 7. The van der Waals surface area contributed by atoms with Crippen LogP contribution in [0.3, 0.4) is 0 Å². The summed E-state index contributed by atoms with van der Waals surface area (Å²) in [7, 11) is 0. The van der Waals surface area contributed by atoms with Crippen LogP contribution in [0.5, 0.6) is 0 Å². The van der Waals surface area contributed by atoms with E-state index in [1.807, 2.05) is 0 Å². The summed E-state index contributed by atoms with van der Waals surface area (Å²) in [6.07, 6.45) is 11.0. The average molecular weight is 284 g/mol. The molecule has 1 unspecified atom stereocenters. The molecule has 1 aromatic heterocycles. The van der Waals surface area contributed by atoms with Gasteiger partial charge < -0.3 is 5.32 Å². The van der Waals surface area contributed by atoms with Crippen molar-refractivity contribution in [2.24, 2.45) is 0 Å². The van der Waals surface area contributed by atoms with Crippen LogP contribution in [0.1, 0.15) is 63.6 Å². The maximum Gasteiger partial charge on any atom is 0.0762 e. The maximum atomic E-state index is 5.71. The Morgan fingerprint density at radius 2 is 2.21 bits per heavy atom. The molecule has 0 spiro atoms. The molecular formula is C15H26ClN3. The zero-order valence-corrected chi connectivity index (χ0v) is 12.7. The molecule has 1 heterocycles. The van der Waals surface area contributed by atoms with Crippen LogP contribution in [-0.2, 0) is 6.54 Å². The summed E-state index contributed by atoms with van der Waals surface area (Å²) in [6, 6.07) is 3.30. The summed E-state index contributed by atoms with van der Waals surface area (Å²) >= 11 is 5.71. The molecule has 0 aromatic carbocycles. The van der Waals surface area contributed by atoms with E-state index in [-0.39, 0.29) is 0 Å². The molecule has 1 N–H and O–H groups in total.